The van der Waals surface area contributed by atoms with Crippen molar-refractivity contribution in [3.8, 4) is 0 Å². The fraction of sp³-hybridized carbons (Fsp3) is 0.545. The number of hydrogen-bond donors (Lipinski definition) is 0. The molecule has 0 amide bonds. The van der Waals surface area contributed by atoms with Crippen molar-refractivity contribution in [3.63, 3.8) is 0 Å². The standard InChI is InChI=1S/C11H14F2O/c1-7(8(2)14)5-9-3-4-10(12)6-11(9)13/h6-7H,3-5H2,1-2H3. The fourth-order valence-corrected chi connectivity index (χ4v) is 1.41. The molecule has 1 nitrogen and oxygen atoms in total. The third kappa shape index (κ3) is 2.76. The summed E-state index contributed by atoms with van der Waals surface area (Å²) in [6, 6.07) is 0. The Morgan fingerprint density at radius 3 is 2.64 bits per heavy atom. The van der Waals surface area contributed by atoms with Gasteiger partial charge in [-0.15, -0.1) is 0 Å². The van der Waals surface area contributed by atoms with Gasteiger partial charge in [0, 0.05) is 18.4 Å². The van der Waals surface area contributed by atoms with Crippen LogP contribution in [0.3, 0.4) is 0 Å². The van der Waals surface area contributed by atoms with Gasteiger partial charge in [0.2, 0.25) is 0 Å². The van der Waals surface area contributed by atoms with E-state index in [4.69, 9.17) is 0 Å². The smallest absolute Gasteiger partial charge is 0.132 e. The van der Waals surface area contributed by atoms with E-state index in [9.17, 15) is 13.6 Å². The second-order valence-corrected chi connectivity index (χ2v) is 3.76. The SMILES string of the molecule is CC(=O)C(C)CC1=C(F)C=C(F)CC1. The molecular weight excluding hydrogens is 186 g/mol. The Morgan fingerprint density at radius 2 is 2.14 bits per heavy atom. The zero-order valence-corrected chi connectivity index (χ0v) is 8.44. The molecular formula is C11H14F2O. The minimum Gasteiger partial charge on any atom is -0.300 e. The van der Waals surface area contributed by atoms with Crippen LogP contribution in [-0.4, -0.2) is 5.78 Å². The van der Waals surface area contributed by atoms with Gasteiger partial charge in [-0.1, -0.05) is 6.92 Å². The first-order valence-corrected chi connectivity index (χ1v) is 4.74. The molecule has 1 aliphatic carbocycles. The number of carbonyl (C=O) groups is 1. The number of rotatable bonds is 3. The van der Waals surface area contributed by atoms with Gasteiger partial charge in [-0.05, 0) is 25.3 Å². The van der Waals surface area contributed by atoms with E-state index in [0.717, 1.165) is 6.08 Å². The second kappa shape index (κ2) is 4.49. The molecule has 0 heterocycles. The maximum atomic E-state index is 13.2. The largest absolute Gasteiger partial charge is 0.300 e. The van der Waals surface area contributed by atoms with Crippen molar-refractivity contribution in [2.24, 2.45) is 5.92 Å². The molecule has 0 spiro atoms. The maximum absolute atomic E-state index is 13.2. The summed E-state index contributed by atoms with van der Waals surface area (Å²) < 4.78 is 25.8. The van der Waals surface area contributed by atoms with Crippen molar-refractivity contribution in [2.45, 2.75) is 33.1 Å². The topological polar surface area (TPSA) is 17.1 Å². The molecule has 0 aromatic rings. The van der Waals surface area contributed by atoms with Crippen LogP contribution in [0.4, 0.5) is 8.78 Å². The number of Topliss-reactive ketones (excluding diaryl/α,β-unsaturated/α-hetero) is 1. The van der Waals surface area contributed by atoms with Gasteiger partial charge < -0.3 is 0 Å². The molecule has 0 radical (unpaired) electrons. The van der Waals surface area contributed by atoms with Crippen molar-refractivity contribution < 1.29 is 13.6 Å². The third-order valence-corrected chi connectivity index (χ3v) is 2.53. The highest BCUT2D eigenvalue weighted by molar-refractivity contribution is 5.78. The minimum absolute atomic E-state index is 0.0420. The zero-order chi connectivity index (χ0) is 10.7. The van der Waals surface area contributed by atoms with E-state index >= 15 is 0 Å². The van der Waals surface area contributed by atoms with Crippen LogP contribution < -0.4 is 0 Å². The Labute approximate surface area is 82.5 Å². The van der Waals surface area contributed by atoms with Gasteiger partial charge in [-0.3, -0.25) is 4.79 Å². The molecule has 0 fully saturated rings. The molecule has 0 aromatic carbocycles. The molecule has 0 N–H and O–H groups in total. The van der Waals surface area contributed by atoms with Crippen molar-refractivity contribution in [3.05, 3.63) is 23.3 Å². The van der Waals surface area contributed by atoms with Crippen LogP contribution in [0.15, 0.2) is 23.3 Å². The predicted molar refractivity (Wildman–Crippen MR) is 51.0 cm³/mol. The average molecular weight is 200 g/mol. The first kappa shape index (κ1) is 11.1. The molecule has 14 heavy (non-hydrogen) atoms. The summed E-state index contributed by atoms with van der Waals surface area (Å²) in [5.74, 6) is -1.05. The third-order valence-electron chi connectivity index (χ3n) is 2.53. The Hall–Kier alpha value is -0.990. The van der Waals surface area contributed by atoms with Gasteiger partial charge in [-0.25, -0.2) is 8.78 Å². The van der Waals surface area contributed by atoms with Gasteiger partial charge >= 0.3 is 0 Å². The molecule has 0 aromatic heterocycles. The summed E-state index contributed by atoms with van der Waals surface area (Å²) in [6.45, 7) is 3.25. The van der Waals surface area contributed by atoms with Crippen molar-refractivity contribution in [1.82, 2.24) is 0 Å². The van der Waals surface area contributed by atoms with Crippen LogP contribution in [0.2, 0.25) is 0 Å². The van der Waals surface area contributed by atoms with E-state index in [2.05, 4.69) is 0 Å². The normalized spacial score (nSPS) is 19.3. The van der Waals surface area contributed by atoms with Crippen LogP contribution in [0.5, 0.6) is 0 Å². The lowest BCUT2D eigenvalue weighted by Crippen LogP contribution is -2.09. The summed E-state index contributed by atoms with van der Waals surface area (Å²) in [5.41, 5.74) is 0.564. The highest BCUT2D eigenvalue weighted by Crippen LogP contribution is 2.29. The van der Waals surface area contributed by atoms with Gasteiger partial charge in [0.05, 0.1) is 0 Å². The van der Waals surface area contributed by atoms with E-state index in [-0.39, 0.29) is 18.1 Å². The number of allylic oxidation sites excluding steroid dienone is 4. The Bertz CT molecular complexity index is 302. The Kier molecular flexibility index (Phi) is 3.55. The number of carbonyl (C=O) groups excluding carboxylic acids is 1. The van der Waals surface area contributed by atoms with Gasteiger partial charge in [0.25, 0.3) is 0 Å². The number of ketones is 1. The Morgan fingerprint density at radius 1 is 1.50 bits per heavy atom. The lowest BCUT2D eigenvalue weighted by atomic mass is 9.92. The molecule has 0 aliphatic heterocycles. The fourth-order valence-electron chi connectivity index (χ4n) is 1.41. The molecule has 1 aliphatic rings. The van der Waals surface area contributed by atoms with E-state index in [0.29, 0.717) is 18.4 Å². The maximum Gasteiger partial charge on any atom is 0.132 e. The first-order chi connectivity index (χ1) is 6.50. The average Bonchev–Trinajstić information content (AvgIpc) is 2.09. The number of hydrogen-bond acceptors (Lipinski definition) is 1. The molecule has 0 saturated carbocycles. The van der Waals surface area contributed by atoms with Crippen LogP contribution in [0, 0.1) is 5.92 Å². The van der Waals surface area contributed by atoms with Gasteiger partial charge in [-0.2, -0.15) is 0 Å². The molecule has 1 rings (SSSR count). The van der Waals surface area contributed by atoms with Crippen molar-refractivity contribution in [1.29, 1.82) is 0 Å². The summed E-state index contributed by atoms with van der Waals surface area (Å²) in [4.78, 5) is 11.0. The monoisotopic (exact) mass is 200 g/mol. The molecule has 3 heteroatoms. The quantitative estimate of drug-likeness (QED) is 0.681. The lowest BCUT2D eigenvalue weighted by Gasteiger charge is -2.14. The predicted octanol–water partition coefficient (Wildman–Crippen LogP) is 3.47. The molecule has 1 atom stereocenters. The van der Waals surface area contributed by atoms with E-state index in [1.54, 1.807) is 6.92 Å². The molecule has 1 unspecified atom stereocenters. The summed E-state index contributed by atoms with van der Waals surface area (Å²) in [5, 5.41) is 0. The van der Waals surface area contributed by atoms with Gasteiger partial charge in [0.15, 0.2) is 0 Å². The van der Waals surface area contributed by atoms with E-state index in [1.807, 2.05) is 0 Å². The van der Waals surface area contributed by atoms with Crippen molar-refractivity contribution in [2.75, 3.05) is 0 Å². The zero-order valence-electron chi connectivity index (χ0n) is 8.44. The highest BCUT2D eigenvalue weighted by Gasteiger charge is 2.17. The number of halogens is 2. The van der Waals surface area contributed by atoms with Crippen LogP contribution in [-0.2, 0) is 4.79 Å². The lowest BCUT2D eigenvalue weighted by molar-refractivity contribution is -0.120. The van der Waals surface area contributed by atoms with Crippen LogP contribution in [0.25, 0.3) is 0 Å². The summed E-state index contributed by atoms with van der Waals surface area (Å²) in [6.07, 6.45) is 1.98. The van der Waals surface area contributed by atoms with Crippen LogP contribution in [0.1, 0.15) is 33.1 Å². The molecule has 0 bridgehead atoms. The highest BCUT2D eigenvalue weighted by atomic mass is 19.1. The molecule has 78 valence electrons. The van der Waals surface area contributed by atoms with E-state index in [1.165, 1.54) is 6.92 Å². The molecule has 0 saturated heterocycles. The summed E-state index contributed by atoms with van der Waals surface area (Å²) in [7, 11) is 0. The first-order valence-electron chi connectivity index (χ1n) is 4.74. The van der Waals surface area contributed by atoms with E-state index < -0.39 is 11.7 Å². The second-order valence-electron chi connectivity index (χ2n) is 3.76. The van der Waals surface area contributed by atoms with Crippen molar-refractivity contribution >= 4 is 5.78 Å². The van der Waals surface area contributed by atoms with Gasteiger partial charge in [0.1, 0.15) is 17.4 Å². The Balaban J connectivity index is 2.69. The minimum atomic E-state index is -0.498. The summed E-state index contributed by atoms with van der Waals surface area (Å²) >= 11 is 0. The van der Waals surface area contributed by atoms with Crippen LogP contribution >= 0.6 is 0 Å².